The van der Waals surface area contributed by atoms with Gasteiger partial charge in [-0.25, -0.2) is 0 Å². The van der Waals surface area contributed by atoms with E-state index < -0.39 is 5.41 Å². The van der Waals surface area contributed by atoms with E-state index in [1.165, 1.54) is 134 Å². The number of fused-ring (bicyclic) bond motifs is 14. The molecule has 4 aliphatic rings. The molecular weight excluding hydrogens is 881 g/mol. The second-order valence-corrected chi connectivity index (χ2v) is 19.8. The highest BCUT2D eigenvalue weighted by atomic mass is 15.1. The van der Waals surface area contributed by atoms with Crippen LogP contribution in [0.4, 0.5) is 22.7 Å². The molecule has 0 N–H and O–H groups in total. The summed E-state index contributed by atoms with van der Waals surface area (Å²) >= 11 is 0. The highest BCUT2D eigenvalue weighted by molar-refractivity contribution is 5.97. The third-order valence-corrected chi connectivity index (χ3v) is 15.8. The average molecular weight is 931 g/mol. The summed E-state index contributed by atoms with van der Waals surface area (Å²) in [5.41, 5.74) is 29.4. The van der Waals surface area contributed by atoms with Gasteiger partial charge in [0.25, 0.3) is 0 Å². The van der Waals surface area contributed by atoms with Crippen molar-refractivity contribution >= 4 is 71.4 Å². The first kappa shape index (κ1) is 42.6. The molecule has 0 atom stereocenters. The molecule has 73 heavy (non-hydrogen) atoms. The largest absolute Gasteiger partial charge is 0.344 e. The van der Waals surface area contributed by atoms with Crippen molar-refractivity contribution in [3.8, 4) is 44.5 Å². The smallest absolute Gasteiger partial charge is 0.0725 e. The van der Waals surface area contributed by atoms with Gasteiger partial charge in [0.15, 0.2) is 0 Å². The Morgan fingerprint density at radius 3 is 1.07 bits per heavy atom. The van der Waals surface area contributed by atoms with Gasteiger partial charge in [-0.15, -0.1) is 0 Å². The lowest BCUT2D eigenvalue weighted by Crippen LogP contribution is -2.26. The molecule has 2 heteroatoms. The monoisotopic (exact) mass is 930 g/mol. The maximum absolute atomic E-state index is 2.45. The zero-order valence-electron chi connectivity index (χ0n) is 40.8. The minimum absolute atomic E-state index is 0.450. The Kier molecular flexibility index (Phi) is 9.91. The van der Waals surface area contributed by atoms with Crippen molar-refractivity contribution in [1.29, 1.82) is 0 Å². The van der Waals surface area contributed by atoms with Crippen molar-refractivity contribution in [2.45, 2.75) is 5.41 Å². The van der Waals surface area contributed by atoms with Crippen LogP contribution in [-0.4, -0.2) is 14.1 Å². The molecule has 0 saturated carbocycles. The minimum atomic E-state index is -0.450. The van der Waals surface area contributed by atoms with Crippen LogP contribution in [0.25, 0.3) is 93.1 Å². The Balaban J connectivity index is 0.767. The minimum Gasteiger partial charge on any atom is -0.344 e. The van der Waals surface area contributed by atoms with Gasteiger partial charge in [-0.2, -0.15) is 0 Å². The van der Waals surface area contributed by atoms with Crippen LogP contribution in [0.15, 0.2) is 218 Å². The Hall–Kier alpha value is -9.24. The highest BCUT2D eigenvalue weighted by Crippen LogP contribution is 2.63. The Morgan fingerprint density at radius 2 is 0.616 bits per heavy atom. The van der Waals surface area contributed by atoms with Crippen LogP contribution < -0.4 is 9.80 Å². The molecular formula is C71H50N2. The molecule has 2 heterocycles. The molecule has 2 aliphatic heterocycles. The first-order valence-electron chi connectivity index (χ1n) is 25.3. The lowest BCUT2D eigenvalue weighted by Gasteiger charge is -2.30. The van der Waals surface area contributed by atoms with Crippen molar-refractivity contribution in [3.63, 3.8) is 0 Å². The number of rotatable bonds is 6. The number of hydrogen-bond donors (Lipinski definition) is 0. The normalized spacial score (nSPS) is 14.0. The third kappa shape index (κ3) is 6.94. The van der Waals surface area contributed by atoms with Crippen LogP contribution in [-0.2, 0) is 5.41 Å². The molecule has 2 aliphatic carbocycles. The van der Waals surface area contributed by atoms with Gasteiger partial charge in [0, 0.05) is 36.8 Å². The van der Waals surface area contributed by atoms with Crippen LogP contribution in [0.5, 0.6) is 0 Å². The topological polar surface area (TPSA) is 6.48 Å². The van der Waals surface area contributed by atoms with Crippen molar-refractivity contribution in [2.24, 2.45) is 0 Å². The van der Waals surface area contributed by atoms with Gasteiger partial charge in [0.05, 0.1) is 5.41 Å². The van der Waals surface area contributed by atoms with Gasteiger partial charge in [-0.05, 0) is 148 Å². The van der Waals surface area contributed by atoms with Gasteiger partial charge in [-0.1, -0.05) is 231 Å². The Labute approximate surface area is 428 Å². The standard InChI is InChI=1S/C71H50N2/c1-72-67-17-9-3-11-53(67)33-35-55-37-39-57(45-69(55)72)51-29-23-47(24-30-51)19-21-49-27-41-61-62-42-28-50(44-66(62)71(65(61)43-49)63-15-7-5-13-59(63)60-14-6-8-16-64(60)71)22-20-48-25-31-52(32-26-48)58-40-38-56-36-34-54-12-4-10-18-68(54)73(2)70(56)46-58/h3-46H,1-2H3/b21-19+,22-20+. The van der Waals surface area contributed by atoms with Crippen molar-refractivity contribution < 1.29 is 0 Å². The summed E-state index contributed by atoms with van der Waals surface area (Å²) in [7, 11) is 4.33. The molecule has 10 aromatic rings. The van der Waals surface area contributed by atoms with E-state index in [1.54, 1.807) is 0 Å². The number of benzene rings is 10. The molecule has 10 aromatic carbocycles. The Bertz CT molecular complexity index is 3730. The summed E-state index contributed by atoms with van der Waals surface area (Å²) in [5, 5.41) is 0. The van der Waals surface area contributed by atoms with E-state index in [4.69, 9.17) is 0 Å². The molecule has 0 radical (unpaired) electrons. The molecule has 344 valence electrons. The average Bonchev–Trinajstić information content (AvgIpc) is 3.81. The zero-order valence-corrected chi connectivity index (χ0v) is 40.8. The van der Waals surface area contributed by atoms with E-state index in [0.717, 1.165) is 0 Å². The van der Waals surface area contributed by atoms with E-state index in [2.05, 4.69) is 291 Å². The fraction of sp³-hybridized carbons (Fsp3) is 0.0423. The molecule has 14 rings (SSSR count). The second kappa shape index (κ2) is 17.0. The molecule has 0 amide bonds. The number of anilines is 4. The third-order valence-electron chi connectivity index (χ3n) is 15.8. The van der Waals surface area contributed by atoms with Crippen LogP contribution in [0.2, 0.25) is 0 Å². The molecule has 0 bridgehead atoms. The van der Waals surface area contributed by atoms with Crippen LogP contribution >= 0.6 is 0 Å². The summed E-state index contributed by atoms with van der Waals surface area (Å²) in [4.78, 5) is 4.61. The molecule has 0 saturated heterocycles. The SMILES string of the molecule is CN1c2ccccc2C=Cc2ccc(-c3ccc(/C=C/c4ccc5c(c4)C4(c6ccccc6-c6ccccc64)c4cc(/C=C/c6ccc(-c7ccc8c(c7)N(C)c7ccccc7C=C8)cc6)ccc4-5)cc3)cc21. The second-order valence-electron chi connectivity index (χ2n) is 19.8. The van der Waals surface area contributed by atoms with E-state index in [1.807, 2.05) is 0 Å². The number of nitrogens with zero attached hydrogens (tertiary/aromatic N) is 2. The number of para-hydroxylation sites is 2. The molecule has 2 nitrogen and oxygen atoms in total. The summed E-state index contributed by atoms with van der Waals surface area (Å²) in [6, 6.07) is 81.0. The maximum Gasteiger partial charge on any atom is 0.0725 e. The molecule has 1 spiro atoms. The van der Waals surface area contributed by atoms with Crippen molar-refractivity contribution in [1.82, 2.24) is 0 Å². The van der Waals surface area contributed by atoms with Gasteiger partial charge in [-0.3, -0.25) is 0 Å². The first-order valence-corrected chi connectivity index (χ1v) is 25.3. The van der Waals surface area contributed by atoms with Crippen LogP contribution in [0.3, 0.4) is 0 Å². The molecule has 0 aromatic heterocycles. The number of hydrogen-bond acceptors (Lipinski definition) is 2. The maximum atomic E-state index is 2.45. The van der Waals surface area contributed by atoms with Crippen molar-refractivity contribution in [3.05, 3.63) is 285 Å². The van der Waals surface area contributed by atoms with Gasteiger partial charge in [0.1, 0.15) is 0 Å². The van der Waals surface area contributed by atoms with E-state index in [9.17, 15) is 0 Å². The molecule has 0 unspecified atom stereocenters. The van der Waals surface area contributed by atoms with E-state index in [-0.39, 0.29) is 0 Å². The summed E-state index contributed by atoms with van der Waals surface area (Å²) in [5.74, 6) is 0. The predicted octanol–water partition coefficient (Wildman–Crippen LogP) is 18.2. The van der Waals surface area contributed by atoms with Gasteiger partial charge in [0.2, 0.25) is 0 Å². The van der Waals surface area contributed by atoms with Gasteiger partial charge < -0.3 is 9.80 Å². The Morgan fingerprint density at radius 1 is 0.274 bits per heavy atom. The van der Waals surface area contributed by atoms with E-state index >= 15 is 0 Å². The fourth-order valence-corrected chi connectivity index (χ4v) is 12.1. The summed E-state index contributed by atoms with van der Waals surface area (Å²) < 4.78 is 0. The summed E-state index contributed by atoms with van der Waals surface area (Å²) in [6.45, 7) is 0. The predicted molar refractivity (Wildman–Crippen MR) is 311 cm³/mol. The van der Waals surface area contributed by atoms with Crippen LogP contribution in [0.1, 0.15) is 66.8 Å². The fourth-order valence-electron chi connectivity index (χ4n) is 12.1. The molecule has 0 fully saturated rings. The highest BCUT2D eigenvalue weighted by Gasteiger charge is 2.51. The van der Waals surface area contributed by atoms with Crippen molar-refractivity contribution in [2.75, 3.05) is 23.9 Å². The summed E-state index contributed by atoms with van der Waals surface area (Å²) in [6.07, 6.45) is 17.9. The quantitative estimate of drug-likeness (QED) is 0.153. The zero-order chi connectivity index (χ0) is 48.6. The first-order chi connectivity index (χ1) is 36.0. The van der Waals surface area contributed by atoms with Crippen LogP contribution in [0, 0.1) is 0 Å². The van der Waals surface area contributed by atoms with E-state index in [0.29, 0.717) is 0 Å². The lowest BCUT2D eigenvalue weighted by atomic mass is 9.70. The van der Waals surface area contributed by atoms with Gasteiger partial charge >= 0.3 is 0 Å². The lowest BCUT2D eigenvalue weighted by molar-refractivity contribution is 0.793.